The fourth-order valence-corrected chi connectivity index (χ4v) is 2.19. The molecule has 0 aliphatic carbocycles. The molecule has 3 amide bonds. The van der Waals surface area contributed by atoms with Gasteiger partial charge in [0.1, 0.15) is 0 Å². The van der Waals surface area contributed by atoms with Crippen LogP contribution in [0.25, 0.3) is 0 Å². The van der Waals surface area contributed by atoms with Crippen molar-refractivity contribution in [2.45, 2.75) is 59.9 Å². The molecule has 9 nitrogen and oxygen atoms in total. The molecule has 0 aliphatic heterocycles. The first-order chi connectivity index (χ1) is 12.4. The number of nitrogens with one attached hydrogen (secondary N) is 3. The Morgan fingerprint density at radius 3 is 2.22 bits per heavy atom. The largest absolute Gasteiger partial charge is 0.380 e. The van der Waals surface area contributed by atoms with E-state index in [0.717, 1.165) is 6.42 Å². The van der Waals surface area contributed by atoms with E-state index in [1.165, 1.54) is 6.92 Å². The van der Waals surface area contributed by atoms with Gasteiger partial charge in [-0.05, 0) is 12.8 Å². The van der Waals surface area contributed by atoms with Crippen molar-refractivity contribution in [3.8, 4) is 0 Å². The molecule has 9 heteroatoms. The van der Waals surface area contributed by atoms with Gasteiger partial charge in [0.2, 0.25) is 11.8 Å². The third-order valence-electron chi connectivity index (χ3n) is 4.49. The number of hydrogen-bond acceptors (Lipinski definition) is 6. The summed E-state index contributed by atoms with van der Waals surface area (Å²) in [5, 5.41) is 5.68. The molecule has 0 bridgehead atoms. The number of nitrogens with two attached hydrogens (primary N) is 2. The molecule has 0 aliphatic rings. The molecule has 0 rings (SSSR count). The predicted molar refractivity (Wildman–Crippen MR) is 104 cm³/mol. The lowest BCUT2D eigenvalue weighted by Gasteiger charge is -2.31. The van der Waals surface area contributed by atoms with Gasteiger partial charge in [-0.1, -0.05) is 27.7 Å². The van der Waals surface area contributed by atoms with Crippen molar-refractivity contribution < 1.29 is 19.1 Å². The van der Waals surface area contributed by atoms with Gasteiger partial charge in [0.05, 0.1) is 19.3 Å². The van der Waals surface area contributed by atoms with E-state index in [4.69, 9.17) is 16.3 Å². The summed E-state index contributed by atoms with van der Waals surface area (Å²) in [5.74, 6) is 4.29. The standard InChI is InChI=1S/C18H37N5O4/c1-6-18(5,12-27-11-17(3,4)9-21-13(2)24)10-22-15(25)8-7-14(19)16(26)23-20/h14H,6-12,19-20H2,1-5H3,(H,21,24)(H,22,25)(H,23,26). The quantitative estimate of drug-likeness (QED) is 0.168. The van der Waals surface area contributed by atoms with Gasteiger partial charge in [0, 0.05) is 37.3 Å². The van der Waals surface area contributed by atoms with Crippen molar-refractivity contribution in [2.75, 3.05) is 26.3 Å². The van der Waals surface area contributed by atoms with E-state index in [2.05, 4.69) is 10.6 Å². The third-order valence-corrected chi connectivity index (χ3v) is 4.49. The molecule has 0 saturated carbocycles. The van der Waals surface area contributed by atoms with Gasteiger partial charge >= 0.3 is 0 Å². The van der Waals surface area contributed by atoms with E-state index in [-0.39, 0.29) is 35.5 Å². The van der Waals surface area contributed by atoms with Crippen LogP contribution >= 0.6 is 0 Å². The van der Waals surface area contributed by atoms with E-state index in [1.54, 1.807) is 0 Å². The number of hydrogen-bond donors (Lipinski definition) is 5. The minimum Gasteiger partial charge on any atom is -0.380 e. The van der Waals surface area contributed by atoms with Gasteiger partial charge in [-0.2, -0.15) is 0 Å². The maximum Gasteiger partial charge on any atom is 0.250 e. The minimum absolute atomic E-state index is 0.0622. The fraction of sp³-hybridized carbons (Fsp3) is 0.833. The SMILES string of the molecule is CCC(C)(CNC(=O)CCC(N)C(=O)NN)COCC(C)(C)CNC(C)=O. The Hall–Kier alpha value is -1.71. The molecular weight excluding hydrogens is 350 g/mol. The average Bonchev–Trinajstić information content (AvgIpc) is 2.62. The van der Waals surface area contributed by atoms with Crippen molar-refractivity contribution in [3.05, 3.63) is 0 Å². The minimum atomic E-state index is -0.799. The van der Waals surface area contributed by atoms with Gasteiger partial charge in [0.15, 0.2) is 0 Å². The monoisotopic (exact) mass is 387 g/mol. The van der Waals surface area contributed by atoms with Crippen molar-refractivity contribution in [3.63, 3.8) is 0 Å². The number of carbonyl (C=O) groups is 3. The highest BCUT2D eigenvalue weighted by Gasteiger charge is 2.26. The smallest absolute Gasteiger partial charge is 0.250 e. The molecule has 0 heterocycles. The van der Waals surface area contributed by atoms with Gasteiger partial charge in [-0.15, -0.1) is 0 Å². The fourth-order valence-electron chi connectivity index (χ4n) is 2.19. The van der Waals surface area contributed by atoms with Crippen LogP contribution in [0.5, 0.6) is 0 Å². The second-order valence-corrected chi connectivity index (χ2v) is 8.16. The number of ether oxygens (including phenoxy) is 1. The van der Waals surface area contributed by atoms with Crippen LogP contribution in [0.2, 0.25) is 0 Å². The molecule has 158 valence electrons. The van der Waals surface area contributed by atoms with Crippen molar-refractivity contribution in [1.29, 1.82) is 0 Å². The second-order valence-electron chi connectivity index (χ2n) is 8.16. The first-order valence-corrected chi connectivity index (χ1v) is 9.29. The molecule has 0 aromatic carbocycles. The lowest BCUT2D eigenvalue weighted by Crippen LogP contribution is -2.45. The average molecular weight is 388 g/mol. The van der Waals surface area contributed by atoms with Crippen LogP contribution in [-0.4, -0.2) is 50.1 Å². The van der Waals surface area contributed by atoms with E-state index < -0.39 is 11.9 Å². The Morgan fingerprint density at radius 1 is 1.07 bits per heavy atom. The van der Waals surface area contributed by atoms with Gasteiger partial charge in [0.25, 0.3) is 5.91 Å². The van der Waals surface area contributed by atoms with E-state index >= 15 is 0 Å². The highest BCUT2D eigenvalue weighted by atomic mass is 16.5. The van der Waals surface area contributed by atoms with Crippen LogP contribution in [0, 0.1) is 10.8 Å². The van der Waals surface area contributed by atoms with Crippen LogP contribution in [0.15, 0.2) is 0 Å². The number of amides is 3. The van der Waals surface area contributed by atoms with Crippen molar-refractivity contribution in [1.82, 2.24) is 16.1 Å². The summed E-state index contributed by atoms with van der Waals surface area (Å²) in [7, 11) is 0. The molecule has 7 N–H and O–H groups in total. The zero-order chi connectivity index (χ0) is 21.1. The zero-order valence-electron chi connectivity index (χ0n) is 17.3. The Bertz CT molecular complexity index is 498. The van der Waals surface area contributed by atoms with Crippen molar-refractivity contribution in [2.24, 2.45) is 22.4 Å². The Morgan fingerprint density at radius 2 is 1.70 bits per heavy atom. The maximum absolute atomic E-state index is 12.0. The van der Waals surface area contributed by atoms with Gasteiger partial charge in [-0.25, -0.2) is 5.84 Å². The molecule has 0 spiro atoms. The number of carbonyl (C=O) groups excluding carboxylic acids is 3. The highest BCUT2D eigenvalue weighted by molar-refractivity contribution is 5.82. The van der Waals surface area contributed by atoms with E-state index in [1.807, 2.05) is 33.1 Å². The lowest BCUT2D eigenvalue weighted by atomic mass is 9.88. The summed E-state index contributed by atoms with van der Waals surface area (Å²) in [6.07, 6.45) is 1.21. The van der Waals surface area contributed by atoms with E-state index in [0.29, 0.717) is 26.3 Å². The molecule has 0 saturated heterocycles. The molecule has 2 unspecified atom stereocenters. The summed E-state index contributed by atoms with van der Waals surface area (Å²) in [4.78, 5) is 34.3. The number of hydrazine groups is 1. The summed E-state index contributed by atoms with van der Waals surface area (Å²) in [6, 6.07) is -0.799. The zero-order valence-corrected chi connectivity index (χ0v) is 17.3. The second kappa shape index (κ2) is 11.9. The molecule has 0 aromatic heterocycles. The summed E-state index contributed by atoms with van der Waals surface area (Å²) < 4.78 is 5.87. The predicted octanol–water partition coefficient (Wildman–Crippen LogP) is -0.205. The number of rotatable bonds is 13. The molecule has 0 radical (unpaired) electrons. The first-order valence-electron chi connectivity index (χ1n) is 9.29. The van der Waals surface area contributed by atoms with Gasteiger partial charge < -0.3 is 21.1 Å². The normalized spacial score (nSPS) is 14.8. The lowest BCUT2D eigenvalue weighted by molar-refractivity contribution is -0.124. The van der Waals surface area contributed by atoms with Crippen LogP contribution in [0.3, 0.4) is 0 Å². The third kappa shape index (κ3) is 11.6. The Labute approximate surface area is 162 Å². The van der Waals surface area contributed by atoms with Gasteiger partial charge in [-0.3, -0.25) is 19.8 Å². The molecule has 0 aromatic rings. The topological polar surface area (TPSA) is 149 Å². The molecular formula is C18H37N5O4. The Kier molecular flexibility index (Phi) is 11.1. The Balaban J connectivity index is 4.30. The van der Waals surface area contributed by atoms with Crippen LogP contribution in [0.4, 0.5) is 0 Å². The van der Waals surface area contributed by atoms with Crippen LogP contribution in [-0.2, 0) is 19.1 Å². The van der Waals surface area contributed by atoms with Crippen LogP contribution in [0.1, 0.15) is 53.9 Å². The molecule has 2 atom stereocenters. The van der Waals surface area contributed by atoms with Crippen LogP contribution < -0.4 is 27.6 Å². The molecule has 27 heavy (non-hydrogen) atoms. The summed E-state index contributed by atoms with van der Waals surface area (Å²) in [6.45, 7) is 11.6. The highest BCUT2D eigenvalue weighted by Crippen LogP contribution is 2.22. The summed E-state index contributed by atoms with van der Waals surface area (Å²) >= 11 is 0. The van der Waals surface area contributed by atoms with Crippen molar-refractivity contribution >= 4 is 17.7 Å². The van der Waals surface area contributed by atoms with E-state index in [9.17, 15) is 14.4 Å². The summed E-state index contributed by atoms with van der Waals surface area (Å²) in [5.41, 5.74) is 7.20. The molecule has 0 fully saturated rings. The maximum atomic E-state index is 12.0. The first kappa shape index (κ1) is 25.3.